The summed E-state index contributed by atoms with van der Waals surface area (Å²) in [5.74, 6) is 0.670. The maximum Gasteiger partial charge on any atom is 0.234 e. The lowest BCUT2D eigenvalue weighted by molar-refractivity contribution is 1.15. The van der Waals surface area contributed by atoms with Gasteiger partial charge in [-0.3, -0.25) is 4.57 Å². The molecule has 0 unspecified atom stereocenters. The molecule has 2 rings (SSSR count). The van der Waals surface area contributed by atoms with Crippen molar-refractivity contribution in [3.05, 3.63) is 30.8 Å². The second-order valence-electron chi connectivity index (χ2n) is 2.84. The summed E-state index contributed by atoms with van der Waals surface area (Å²) in [7, 11) is 0. The summed E-state index contributed by atoms with van der Waals surface area (Å²) in [5.41, 5.74) is 1.97. The van der Waals surface area contributed by atoms with Crippen molar-refractivity contribution in [1.82, 2.24) is 9.55 Å². The van der Waals surface area contributed by atoms with Crippen LogP contribution in [0.25, 0.3) is 17.2 Å². The van der Waals surface area contributed by atoms with Crippen LogP contribution in [0.2, 0.25) is 0 Å². The third-order valence-electron chi connectivity index (χ3n) is 2.00. The number of nitrogens with zero attached hydrogens (tertiary/aromatic N) is 3. The molecule has 0 amide bonds. The SMILES string of the molecule is C=Cn1c(/N=C\C)nc2ccccc21. The van der Waals surface area contributed by atoms with Gasteiger partial charge in [-0.05, 0) is 19.1 Å². The van der Waals surface area contributed by atoms with Gasteiger partial charge < -0.3 is 0 Å². The number of fused-ring (bicyclic) bond motifs is 1. The van der Waals surface area contributed by atoms with Crippen molar-refractivity contribution in [1.29, 1.82) is 0 Å². The van der Waals surface area contributed by atoms with Gasteiger partial charge in [-0.2, -0.15) is 0 Å². The minimum atomic E-state index is 0.670. The molecule has 0 fully saturated rings. The molecule has 0 aliphatic rings. The zero-order valence-electron chi connectivity index (χ0n) is 8.01. The van der Waals surface area contributed by atoms with E-state index in [-0.39, 0.29) is 0 Å². The first-order valence-electron chi connectivity index (χ1n) is 4.45. The van der Waals surface area contributed by atoms with E-state index in [9.17, 15) is 0 Å². The van der Waals surface area contributed by atoms with Crippen molar-refractivity contribution < 1.29 is 0 Å². The number of aliphatic imine (C=N–C) groups is 1. The molecule has 1 heterocycles. The molecule has 0 radical (unpaired) electrons. The fraction of sp³-hybridized carbons (Fsp3) is 0.0909. The summed E-state index contributed by atoms with van der Waals surface area (Å²) in [6.07, 6.45) is 3.44. The van der Waals surface area contributed by atoms with Gasteiger partial charge in [-0.15, -0.1) is 0 Å². The molecule has 1 aromatic heterocycles. The largest absolute Gasteiger partial charge is 0.284 e. The molecule has 70 valence electrons. The van der Waals surface area contributed by atoms with Crippen molar-refractivity contribution in [3.63, 3.8) is 0 Å². The average molecular weight is 185 g/mol. The van der Waals surface area contributed by atoms with Gasteiger partial charge in [0.25, 0.3) is 0 Å². The van der Waals surface area contributed by atoms with Crippen molar-refractivity contribution in [2.24, 2.45) is 4.99 Å². The molecule has 2 aromatic rings. The van der Waals surface area contributed by atoms with Gasteiger partial charge in [0.05, 0.1) is 11.0 Å². The number of benzene rings is 1. The Kier molecular flexibility index (Phi) is 2.14. The van der Waals surface area contributed by atoms with E-state index in [0.717, 1.165) is 11.0 Å². The number of para-hydroxylation sites is 2. The zero-order valence-corrected chi connectivity index (χ0v) is 8.01. The van der Waals surface area contributed by atoms with Crippen LogP contribution >= 0.6 is 0 Å². The molecule has 0 saturated heterocycles. The van der Waals surface area contributed by atoms with Crippen molar-refractivity contribution in [3.8, 4) is 0 Å². The van der Waals surface area contributed by atoms with Gasteiger partial charge in [0, 0.05) is 12.4 Å². The maximum absolute atomic E-state index is 4.37. The second-order valence-corrected chi connectivity index (χ2v) is 2.84. The third-order valence-corrected chi connectivity index (χ3v) is 2.00. The summed E-state index contributed by atoms with van der Waals surface area (Å²) in [6, 6.07) is 7.90. The Labute approximate surface area is 82.4 Å². The minimum absolute atomic E-state index is 0.670. The van der Waals surface area contributed by atoms with Crippen LogP contribution in [0.15, 0.2) is 35.8 Å². The number of hydrogen-bond acceptors (Lipinski definition) is 2. The van der Waals surface area contributed by atoms with Crippen LogP contribution in [0.3, 0.4) is 0 Å². The summed E-state index contributed by atoms with van der Waals surface area (Å²) < 4.78 is 1.87. The van der Waals surface area contributed by atoms with E-state index < -0.39 is 0 Å². The Balaban J connectivity index is 2.78. The molecule has 14 heavy (non-hydrogen) atoms. The van der Waals surface area contributed by atoms with E-state index in [1.807, 2.05) is 35.8 Å². The van der Waals surface area contributed by atoms with Crippen LogP contribution in [0, 0.1) is 0 Å². The first-order chi connectivity index (χ1) is 6.86. The highest BCUT2D eigenvalue weighted by molar-refractivity contribution is 5.81. The van der Waals surface area contributed by atoms with Crippen LogP contribution < -0.4 is 0 Å². The number of imidazole rings is 1. The van der Waals surface area contributed by atoms with Crippen molar-refractivity contribution >= 4 is 29.4 Å². The molecule has 0 saturated carbocycles. The van der Waals surface area contributed by atoms with Gasteiger partial charge in [0.1, 0.15) is 0 Å². The van der Waals surface area contributed by atoms with E-state index in [1.165, 1.54) is 0 Å². The number of hydrogen-bond donors (Lipinski definition) is 0. The summed E-state index contributed by atoms with van der Waals surface area (Å²) in [5, 5.41) is 0. The normalized spacial score (nSPS) is 11.2. The van der Waals surface area contributed by atoms with E-state index in [4.69, 9.17) is 0 Å². The molecule has 0 spiro atoms. The highest BCUT2D eigenvalue weighted by Gasteiger charge is 2.05. The molecular formula is C11H11N3. The summed E-state index contributed by atoms with van der Waals surface area (Å²) in [6.45, 7) is 5.61. The lowest BCUT2D eigenvalue weighted by Gasteiger charge is -1.96. The average Bonchev–Trinajstić information content (AvgIpc) is 2.55. The Hall–Kier alpha value is -1.90. The first kappa shape index (κ1) is 8.69. The molecule has 0 aliphatic heterocycles. The molecular weight excluding hydrogens is 174 g/mol. The third kappa shape index (κ3) is 1.23. The number of aromatic nitrogens is 2. The number of rotatable bonds is 2. The molecule has 1 aromatic carbocycles. The summed E-state index contributed by atoms with van der Waals surface area (Å²) >= 11 is 0. The Morgan fingerprint density at radius 2 is 2.21 bits per heavy atom. The van der Waals surface area contributed by atoms with E-state index in [2.05, 4.69) is 16.6 Å². The van der Waals surface area contributed by atoms with Crippen LogP contribution in [0.1, 0.15) is 6.92 Å². The smallest absolute Gasteiger partial charge is 0.234 e. The van der Waals surface area contributed by atoms with Gasteiger partial charge in [-0.25, -0.2) is 9.98 Å². The molecule has 0 atom stereocenters. The zero-order chi connectivity index (χ0) is 9.97. The fourth-order valence-corrected chi connectivity index (χ4v) is 1.42. The second kappa shape index (κ2) is 3.46. The maximum atomic E-state index is 4.37. The van der Waals surface area contributed by atoms with Gasteiger partial charge in [0.2, 0.25) is 5.95 Å². The van der Waals surface area contributed by atoms with Crippen LogP contribution in [0.5, 0.6) is 0 Å². The van der Waals surface area contributed by atoms with Crippen LogP contribution in [0.4, 0.5) is 5.95 Å². The topological polar surface area (TPSA) is 30.2 Å². The Morgan fingerprint density at radius 1 is 1.43 bits per heavy atom. The predicted octanol–water partition coefficient (Wildman–Crippen LogP) is 2.86. The van der Waals surface area contributed by atoms with Crippen LogP contribution in [-0.2, 0) is 0 Å². The monoisotopic (exact) mass is 185 g/mol. The van der Waals surface area contributed by atoms with Crippen LogP contribution in [-0.4, -0.2) is 15.8 Å². The molecule has 3 heteroatoms. The van der Waals surface area contributed by atoms with Gasteiger partial charge >= 0.3 is 0 Å². The molecule has 0 bridgehead atoms. The van der Waals surface area contributed by atoms with E-state index >= 15 is 0 Å². The highest BCUT2D eigenvalue weighted by atomic mass is 15.2. The fourth-order valence-electron chi connectivity index (χ4n) is 1.42. The van der Waals surface area contributed by atoms with Gasteiger partial charge in [-0.1, -0.05) is 18.7 Å². The van der Waals surface area contributed by atoms with Crippen molar-refractivity contribution in [2.75, 3.05) is 0 Å². The lowest BCUT2D eigenvalue weighted by Crippen LogP contribution is -1.83. The quantitative estimate of drug-likeness (QED) is 0.661. The van der Waals surface area contributed by atoms with E-state index in [0.29, 0.717) is 5.95 Å². The standard InChI is InChI=1S/C11H11N3/c1-3-12-11-13-9-7-5-6-8-10(9)14(11)4-2/h3-8H,2H2,1H3/b12-3-. The highest BCUT2D eigenvalue weighted by Crippen LogP contribution is 2.21. The minimum Gasteiger partial charge on any atom is -0.284 e. The van der Waals surface area contributed by atoms with Crippen molar-refractivity contribution in [2.45, 2.75) is 6.92 Å². The first-order valence-corrected chi connectivity index (χ1v) is 4.45. The summed E-state index contributed by atoms with van der Waals surface area (Å²) in [4.78, 5) is 8.54. The molecule has 0 aliphatic carbocycles. The Morgan fingerprint density at radius 3 is 2.93 bits per heavy atom. The molecule has 3 nitrogen and oxygen atoms in total. The Bertz CT molecular complexity index is 494. The molecule has 0 N–H and O–H groups in total. The van der Waals surface area contributed by atoms with E-state index in [1.54, 1.807) is 12.4 Å². The lowest BCUT2D eigenvalue weighted by atomic mass is 10.3. The predicted molar refractivity (Wildman–Crippen MR) is 59.9 cm³/mol. The van der Waals surface area contributed by atoms with Gasteiger partial charge in [0.15, 0.2) is 0 Å².